The van der Waals surface area contributed by atoms with E-state index in [9.17, 15) is 14.9 Å². The predicted octanol–water partition coefficient (Wildman–Crippen LogP) is 2.73. The second-order valence-corrected chi connectivity index (χ2v) is 6.54. The van der Waals surface area contributed by atoms with Crippen LogP contribution < -0.4 is 10.1 Å². The van der Waals surface area contributed by atoms with Gasteiger partial charge in [0, 0.05) is 12.2 Å². The topological polar surface area (TPSA) is 97.6 Å². The number of ether oxygens (including phenoxy) is 3. The van der Waals surface area contributed by atoms with Crippen molar-refractivity contribution in [1.29, 1.82) is 5.26 Å². The van der Waals surface area contributed by atoms with Crippen LogP contribution in [0.25, 0.3) is 0 Å². The zero-order valence-corrected chi connectivity index (χ0v) is 15.9. The van der Waals surface area contributed by atoms with Crippen LogP contribution in [-0.4, -0.2) is 37.7 Å². The van der Waals surface area contributed by atoms with Crippen molar-refractivity contribution in [3.8, 4) is 11.8 Å². The Bertz CT molecular complexity index is 705. The molecule has 1 N–H and O–H groups in total. The normalized spacial score (nSPS) is 15.4. The van der Waals surface area contributed by atoms with Crippen LogP contribution in [0.15, 0.2) is 18.2 Å². The molecule has 0 bridgehead atoms. The van der Waals surface area contributed by atoms with Crippen molar-refractivity contribution >= 4 is 11.9 Å². The van der Waals surface area contributed by atoms with E-state index < -0.39 is 24.0 Å². The first-order chi connectivity index (χ1) is 13.0. The summed E-state index contributed by atoms with van der Waals surface area (Å²) in [5.41, 5.74) is 0.196. The maximum Gasteiger partial charge on any atom is 0.338 e. The quantitative estimate of drug-likeness (QED) is 0.703. The highest BCUT2D eigenvalue weighted by molar-refractivity contribution is 5.91. The smallest absolute Gasteiger partial charge is 0.338 e. The Hall–Kier alpha value is -2.59. The first-order valence-corrected chi connectivity index (χ1v) is 9.17. The number of benzene rings is 1. The summed E-state index contributed by atoms with van der Waals surface area (Å²) in [5.74, 6) is -0.457. The molecule has 1 aliphatic carbocycles. The van der Waals surface area contributed by atoms with Crippen LogP contribution in [0.4, 0.5) is 0 Å². The summed E-state index contributed by atoms with van der Waals surface area (Å²) in [4.78, 5) is 24.4. The number of methoxy groups -OCH3 is 1. The third kappa shape index (κ3) is 5.69. The average Bonchev–Trinajstić information content (AvgIpc) is 2.70. The van der Waals surface area contributed by atoms with Crippen molar-refractivity contribution in [2.45, 2.75) is 51.2 Å². The van der Waals surface area contributed by atoms with Gasteiger partial charge in [-0.15, -0.1) is 0 Å². The number of esters is 1. The lowest BCUT2D eigenvalue weighted by Gasteiger charge is -2.31. The van der Waals surface area contributed by atoms with E-state index in [2.05, 4.69) is 11.4 Å². The Balaban J connectivity index is 1.94. The minimum atomic E-state index is -0.841. The van der Waals surface area contributed by atoms with E-state index in [4.69, 9.17) is 14.2 Å². The fourth-order valence-electron chi connectivity index (χ4n) is 3.17. The third-order valence-corrected chi connectivity index (χ3v) is 4.61. The van der Waals surface area contributed by atoms with Crippen LogP contribution in [0, 0.1) is 11.3 Å². The van der Waals surface area contributed by atoms with Crippen molar-refractivity contribution < 1.29 is 23.8 Å². The lowest BCUT2D eigenvalue weighted by atomic mass is 9.83. The first kappa shape index (κ1) is 20.7. The SMILES string of the molecule is CCOCc1cc(C(=O)OCC(=O)NC2(C#N)CCCCC2)ccc1OC. The molecule has 0 radical (unpaired) electrons. The molecule has 0 aliphatic heterocycles. The van der Waals surface area contributed by atoms with Gasteiger partial charge in [0.15, 0.2) is 6.61 Å². The number of nitrogens with zero attached hydrogens (tertiary/aromatic N) is 1. The Morgan fingerprint density at radius 3 is 2.63 bits per heavy atom. The molecule has 0 spiro atoms. The van der Waals surface area contributed by atoms with Crippen molar-refractivity contribution in [2.75, 3.05) is 20.3 Å². The predicted molar refractivity (Wildman–Crippen MR) is 98.2 cm³/mol. The van der Waals surface area contributed by atoms with E-state index in [1.165, 1.54) is 0 Å². The summed E-state index contributed by atoms with van der Waals surface area (Å²) in [7, 11) is 1.55. The molecule has 1 saturated carbocycles. The summed E-state index contributed by atoms with van der Waals surface area (Å²) in [6.45, 7) is 2.31. The summed E-state index contributed by atoms with van der Waals surface area (Å²) in [5, 5.41) is 12.1. The number of hydrogen-bond acceptors (Lipinski definition) is 6. The van der Waals surface area contributed by atoms with E-state index in [1.807, 2.05) is 6.92 Å². The zero-order valence-electron chi connectivity index (χ0n) is 15.9. The van der Waals surface area contributed by atoms with Crippen LogP contribution >= 0.6 is 0 Å². The molecule has 27 heavy (non-hydrogen) atoms. The van der Waals surface area contributed by atoms with Gasteiger partial charge in [-0.1, -0.05) is 19.3 Å². The summed E-state index contributed by atoms with van der Waals surface area (Å²) < 4.78 is 15.7. The Morgan fingerprint density at radius 1 is 1.26 bits per heavy atom. The number of amides is 1. The molecule has 146 valence electrons. The fraction of sp³-hybridized carbons (Fsp3) is 0.550. The van der Waals surface area contributed by atoms with Crippen molar-refractivity contribution in [3.63, 3.8) is 0 Å². The van der Waals surface area contributed by atoms with Crippen LogP contribution in [0.2, 0.25) is 0 Å². The maximum atomic E-state index is 12.3. The van der Waals surface area contributed by atoms with E-state index in [1.54, 1.807) is 25.3 Å². The molecule has 1 amide bonds. The number of carbonyl (C=O) groups excluding carboxylic acids is 2. The number of rotatable bonds is 8. The van der Waals surface area contributed by atoms with Gasteiger partial charge >= 0.3 is 5.97 Å². The Labute approximate surface area is 159 Å². The monoisotopic (exact) mass is 374 g/mol. The number of nitriles is 1. The van der Waals surface area contributed by atoms with Gasteiger partial charge in [0.1, 0.15) is 11.3 Å². The second-order valence-electron chi connectivity index (χ2n) is 6.54. The molecular weight excluding hydrogens is 348 g/mol. The zero-order chi connectivity index (χ0) is 19.7. The van der Waals surface area contributed by atoms with Gasteiger partial charge in [-0.2, -0.15) is 5.26 Å². The molecule has 0 unspecified atom stereocenters. The first-order valence-electron chi connectivity index (χ1n) is 9.17. The van der Waals surface area contributed by atoms with Gasteiger partial charge in [0.25, 0.3) is 5.91 Å². The van der Waals surface area contributed by atoms with Crippen LogP contribution in [0.1, 0.15) is 54.9 Å². The highest BCUT2D eigenvalue weighted by Crippen LogP contribution is 2.27. The standard InChI is InChI=1S/C20H26N2O5/c1-3-26-12-16-11-15(7-8-17(16)25-2)19(24)27-13-18(23)22-20(14-21)9-5-4-6-10-20/h7-8,11H,3-6,9-10,12-13H2,1-2H3,(H,22,23). The van der Waals surface area contributed by atoms with Crippen molar-refractivity contribution in [2.24, 2.45) is 0 Å². The summed E-state index contributed by atoms with van der Waals surface area (Å²) >= 11 is 0. The van der Waals surface area contributed by atoms with E-state index in [0.29, 0.717) is 37.4 Å². The molecule has 1 aliphatic rings. The van der Waals surface area contributed by atoms with E-state index >= 15 is 0 Å². The van der Waals surface area contributed by atoms with Gasteiger partial charge in [-0.05, 0) is 38.0 Å². The Morgan fingerprint density at radius 2 is 2.00 bits per heavy atom. The third-order valence-electron chi connectivity index (χ3n) is 4.61. The highest BCUT2D eigenvalue weighted by Gasteiger charge is 2.33. The number of nitrogens with one attached hydrogen (secondary N) is 1. The lowest BCUT2D eigenvalue weighted by molar-refractivity contribution is -0.125. The molecule has 1 fully saturated rings. The minimum absolute atomic E-state index is 0.311. The molecule has 7 nitrogen and oxygen atoms in total. The molecule has 0 aromatic heterocycles. The molecule has 7 heteroatoms. The minimum Gasteiger partial charge on any atom is -0.496 e. The average molecular weight is 374 g/mol. The van der Waals surface area contributed by atoms with Gasteiger partial charge < -0.3 is 19.5 Å². The summed E-state index contributed by atoms with van der Waals surface area (Å²) in [6.07, 6.45) is 4.13. The summed E-state index contributed by atoms with van der Waals surface area (Å²) in [6, 6.07) is 7.08. The fourth-order valence-corrected chi connectivity index (χ4v) is 3.17. The lowest BCUT2D eigenvalue weighted by Crippen LogP contribution is -2.50. The van der Waals surface area contributed by atoms with Crippen molar-refractivity contribution in [3.05, 3.63) is 29.3 Å². The molecule has 0 saturated heterocycles. The molecule has 0 heterocycles. The number of carbonyl (C=O) groups is 2. The second kappa shape index (κ2) is 9.93. The van der Waals surface area contributed by atoms with Crippen LogP contribution in [-0.2, 0) is 20.9 Å². The number of hydrogen-bond donors (Lipinski definition) is 1. The van der Waals surface area contributed by atoms with Crippen LogP contribution in [0.3, 0.4) is 0 Å². The molecule has 1 aromatic rings. The van der Waals surface area contributed by atoms with Crippen LogP contribution in [0.5, 0.6) is 5.75 Å². The van der Waals surface area contributed by atoms with Gasteiger partial charge in [0.2, 0.25) is 0 Å². The largest absolute Gasteiger partial charge is 0.496 e. The molecule has 2 rings (SSSR count). The van der Waals surface area contributed by atoms with Crippen molar-refractivity contribution in [1.82, 2.24) is 5.32 Å². The molecule has 1 aromatic carbocycles. The van der Waals surface area contributed by atoms with E-state index in [-0.39, 0.29) is 0 Å². The van der Waals surface area contributed by atoms with Gasteiger partial charge in [-0.3, -0.25) is 4.79 Å². The van der Waals surface area contributed by atoms with Gasteiger partial charge in [0.05, 0.1) is 25.3 Å². The maximum absolute atomic E-state index is 12.3. The highest BCUT2D eigenvalue weighted by atomic mass is 16.5. The van der Waals surface area contributed by atoms with Gasteiger partial charge in [-0.25, -0.2) is 4.79 Å². The molecular formula is C20H26N2O5. The van der Waals surface area contributed by atoms with E-state index in [0.717, 1.165) is 24.8 Å². The molecule has 0 atom stereocenters. The Kier molecular flexibility index (Phi) is 7.62.